The van der Waals surface area contributed by atoms with Gasteiger partial charge >= 0.3 is 11.9 Å². The van der Waals surface area contributed by atoms with E-state index in [2.05, 4.69) is 0 Å². The van der Waals surface area contributed by atoms with Crippen molar-refractivity contribution < 1.29 is 23.9 Å². The zero-order chi connectivity index (χ0) is 17.9. The highest BCUT2D eigenvalue weighted by Crippen LogP contribution is 2.66. The van der Waals surface area contributed by atoms with Crippen molar-refractivity contribution in [1.82, 2.24) is 0 Å². The minimum atomic E-state index is -1.00. The second-order valence-corrected chi connectivity index (χ2v) is 6.30. The molecule has 1 aromatic rings. The number of esters is 2. The number of carbonyl (C=O) groups is 3. The summed E-state index contributed by atoms with van der Waals surface area (Å²) in [6, 6.07) is 7.35. The van der Waals surface area contributed by atoms with Crippen LogP contribution in [0.15, 0.2) is 35.4 Å². The molecule has 1 heterocycles. The van der Waals surface area contributed by atoms with E-state index in [1.165, 1.54) is 21.1 Å². The third-order valence-electron chi connectivity index (χ3n) is 5.44. The summed E-state index contributed by atoms with van der Waals surface area (Å²) in [5.41, 5.74) is 0.0812. The monoisotopic (exact) mass is 329 g/mol. The fraction of sp³-hybridized carbons (Fsp3) is 0.389. The van der Waals surface area contributed by atoms with E-state index in [0.717, 1.165) is 5.56 Å². The highest BCUT2D eigenvalue weighted by molar-refractivity contribution is 6.15. The SMILES string of the molecule is COC(=O)C1=C(C(=O)OC)C2(C)N(C(C)=O)c3ccccc3C12C. The number of rotatable bonds is 2. The smallest absolute Gasteiger partial charge is 0.336 e. The third-order valence-corrected chi connectivity index (χ3v) is 5.44. The Morgan fingerprint density at radius 2 is 1.50 bits per heavy atom. The number of nitrogens with zero attached hydrogens (tertiary/aromatic N) is 1. The summed E-state index contributed by atoms with van der Waals surface area (Å²) in [5.74, 6) is -1.43. The van der Waals surface area contributed by atoms with Crippen LogP contribution in [0, 0.1) is 0 Å². The van der Waals surface area contributed by atoms with Crippen LogP contribution in [0.3, 0.4) is 0 Å². The van der Waals surface area contributed by atoms with Gasteiger partial charge in [0.05, 0.1) is 36.3 Å². The van der Waals surface area contributed by atoms with E-state index in [1.54, 1.807) is 11.8 Å². The van der Waals surface area contributed by atoms with Crippen LogP contribution < -0.4 is 4.90 Å². The van der Waals surface area contributed by atoms with Gasteiger partial charge in [0.25, 0.3) is 0 Å². The van der Waals surface area contributed by atoms with Crippen molar-refractivity contribution in [2.75, 3.05) is 19.1 Å². The normalized spacial score (nSPS) is 27.1. The lowest BCUT2D eigenvalue weighted by Crippen LogP contribution is -2.68. The van der Waals surface area contributed by atoms with Crippen molar-refractivity contribution >= 4 is 23.5 Å². The molecule has 0 radical (unpaired) electrons. The predicted molar refractivity (Wildman–Crippen MR) is 86.4 cm³/mol. The molecule has 0 bridgehead atoms. The van der Waals surface area contributed by atoms with Gasteiger partial charge in [-0.05, 0) is 25.5 Å². The Hall–Kier alpha value is -2.63. The Kier molecular flexibility index (Phi) is 3.34. The van der Waals surface area contributed by atoms with Gasteiger partial charge in [-0.3, -0.25) is 4.79 Å². The first-order chi connectivity index (χ1) is 11.3. The predicted octanol–water partition coefficient (Wildman–Crippen LogP) is 1.73. The molecular formula is C18H19NO5. The number of hydrogen-bond donors (Lipinski definition) is 0. The minimum absolute atomic E-state index is 0.172. The number of carbonyl (C=O) groups excluding carboxylic acids is 3. The first kappa shape index (κ1) is 16.2. The molecule has 1 amide bonds. The van der Waals surface area contributed by atoms with Gasteiger partial charge in [0.15, 0.2) is 0 Å². The van der Waals surface area contributed by atoms with E-state index in [4.69, 9.17) is 9.47 Å². The Morgan fingerprint density at radius 1 is 0.958 bits per heavy atom. The first-order valence-corrected chi connectivity index (χ1v) is 7.59. The molecule has 24 heavy (non-hydrogen) atoms. The van der Waals surface area contributed by atoms with Gasteiger partial charge in [-0.15, -0.1) is 0 Å². The lowest BCUT2D eigenvalue weighted by Gasteiger charge is -2.55. The lowest BCUT2D eigenvalue weighted by atomic mass is 9.51. The fourth-order valence-electron chi connectivity index (χ4n) is 4.28. The zero-order valence-corrected chi connectivity index (χ0v) is 14.3. The summed E-state index contributed by atoms with van der Waals surface area (Å²) in [7, 11) is 2.52. The maximum atomic E-state index is 12.4. The van der Waals surface area contributed by atoms with Crippen molar-refractivity contribution in [2.45, 2.75) is 31.7 Å². The van der Waals surface area contributed by atoms with Crippen LogP contribution in [-0.4, -0.2) is 37.6 Å². The summed E-state index contributed by atoms with van der Waals surface area (Å²) in [5, 5.41) is 0. The Bertz CT molecular complexity index is 811. The largest absolute Gasteiger partial charge is 0.466 e. The second kappa shape index (κ2) is 4.93. The van der Waals surface area contributed by atoms with Gasteiger partial charge in [-0.25, -0.2) is 9.59 Å². The van der Waals surface area contributed by atoms with Gasteiger partial charge in [-0.1, -0.05) is 18.2 Å². The van der Waals surface area contributed by atoms with Crippen molar-refractivity contribution in [1.29, 1.82) is 0 Å². The highest BCUT2D eigenvalue weighted by Gasteiger charge is 2.72. The molecule has 0 saturated heterocycles. The lowest BCUT2D eigenvalue weighted by molar-refractivity contribution is -0.143. The van der Waals surface area contributed by atoms with E-state index < -0.39 is 22.9 Å². The van der Waals surface area contributed by atoms with Crippen LogP contribution in [0.4, 0.5) is 5.69 Å². The number of amides is 1. The minimum Gasteiger partial charge on any atom is -0.466 e. The highest BCUT2D eigenvalue weighted by atomic mass is 16.5. The van der Waals surface area contributed by atoms with Crippen LogP contribution in [0.2, 0.25) is 0 Å². The number of ether oxygens (including phenoxy) is 2. The third kappa shape index (κ3) is 1.53. The molecule has 2 unspecified atom stereocenters. The molecule has 0 spiro atoms. The molecule has 0 saturated carbocycles. The van der Waals surface area contributed by atoms with E-state index >= 15 is 0 Å². The van der Waals surface area contributed by atoms with Crippen LogP contribution >= 0.6 is 0 Å². The topological polar surface area (TPSA) is 72.9 Å². The van der Waals surface area contributed by atoms with Gasteiger partial charge in [0.2, 0.25) is 5.91 Å². The summed E-state index contributed by atoms with van der Waals surface area (Å²) in [6.07, 6.45) is 0. The quantitative estimate of drug-likeness (QED) is 0.773. The van der Waals surface area contributed by atoms with E-state index in [1.807, 2.05) is 31.2 Å². The molecule has 0 aromatic heterocycles. The van der Waals surface area contributed by atoms with Crippen molar-refractivity contribution in [3.05, 3.63) is 41.0 Å². The van der Waals surface area contributed by atoms with Crippen LogP contribution in [0.5, 0.6) is 0 Å². The van der Waals surface area contributed by atoms with Gasteiger partial charge in [0.1, 0.15) is 0 Å². The number of benzene rings is 1. The number of para-hydroxylation sites is 1. The molecule has 1 aromatic carbocycles. The van der Waals surface area contributed by atoms with Crippen molar-refractivity contribution in [3.8, 4) is 0 Å². The van der Waals surface area contributed by atoms with Crippen LogP contribution in [0.1, 0.15) is 26.3 Å². The fourth-order valence-corrected chi connectivity index (χ4v) is 4.28. The van der Waals surface area contributed by atoms with E-state index in [-0.39, 0.29) is 17.1 Å². The molecule has 1 aliphatic carbocycles. The number of anilines is 1. The molecule has 6 heteroatoms. The van der Waals surface area contributed by atoms with Gasteiger partial charge in [0, 0.05) is 12.6 Å². The molecule has 1 aliphatic heterocycles. The molecule has 0 fully saturated rings. The second-order valence-electron chi connectivity index (χ2n) is 6.30. The number of fused-ring (bicyclic) bond motifs is 3. The molecule has 2 atom stereocenters. The summed E-state index contributed by atoms with van der Waals surface area (Å²) >= 11 is 0. The Balaban J connectivity index is 2.38. The molecule has 3 rings (SSSR count). The number of methoxy groups -OCH3 is 2. The number of hydrogen-bond acceptors (Lipinski definition) is 5. The molecular weight excluding hydrogens is 310 g/mol. The molecule has 2 aliphatic rings. The van der Waals surface area contributed by atoms with Crippen LogP contribution in [-0.2, 0) is 29.3 Å². The van der Waals surface area contributed by atoms with E-state index in [9.17, 15) is 14.4 Å². The van der Waals surface area contributed by atoms with E-state index in [0.29, 0.717) is 5.69 Å². The standard InChI is InChI=1S/C18H19NO5/c1-10(20)19-12-9-7-6-8-11(12)17(2)13(15(21)23-4)14(16(22)24-5)18(17,19)3/h6-9H,1-5H3. The zero-order valence-electron chi connectivity index (χ0n) is 14.3. The molecule has 6 nitrogen and oxygen atoms in total. The Labute approximate surface area is 140 Å². The molecule has 0 N–H and O–H groups in total. The maximum absolute atomic E-state index is 12.4. The average Bonchev–Trinajstić information content (AvgIpc) is 2.72. The summed E-state index contributed by atoms with van der Waals surface area (Å²) < 4.78 is 9.78. The summed E-state index contributed by atoms with van der Waals surface area (Å²) in [4.78, 5) is 38.8. The van der Waals surface area contributed by atoms with Gasteiger partial charge < -0.3 is 14.4 Å². The first-order valence-electron chi connectivity index (χ1n) is 7.59. The summed E-state index contributed by atoms with van der Waals surface area (Å²) in [6.45, 7) is 5.08. The molecule has 126 valence electrons. The average molecular weight is 329 g/mol. The van der Waals surface area contributed by atoms with Crippen LogP contribution in [0.25, 0.3) is 0 Å². The van der Waals surface area contributed by atoms with Gasteiger partial charge in [-0.2, -0.15) is 0 Å². The van der Waals surface area contributed by atoms with Crippen molar-refractivity contribution in [3.63, 3.8) is 0 Å². The maximum Gasteiger partial charge on any atom is 0.336 e. The Morgan fingerprint density at radius 3 is 2.04 bits per heavy atom. The van der Waals surface area contributed by atoms with Crippen molar-refractivity contribution in [2.24, 2.45) is 0 Å².